The minimum atomic E-state index is -4.31. The van der Waals surface area contributed by atoms with Gasteiger partial charge in [0.2, 0.25) is 0 Å². The molecular weight excluding hydrogens is 429 g/mol. The topological polar surface area (TPSA) is 70.1 Å². The van der Waals surface area contributed by atoms with E-state index in [1.54, 1.807) is 11.1 Å². The molecule has 2 aliphatic heterocycles. The molecule has 2 aromatic rings. The first-order valence-electron chi connectivity index (χ1n) is 10.2. The van der Waals surface area contributed by atoms with Crippen molar-refractivity contribution >= 4 is 5.91 Å². The number of halogens is 3. The van der Waals surface area contributed by atoms with Gasteiger partial charge in [-0.25, -0.2) is 0 Å². The second kappa shape index (κ2) is 8.95. The summed E-state index contributed by atoms with van der Waals surface area (Å²) in [7, 11) is 1.37. The molecule has 2 saturated heterocycles. The fraction of sp³-hybridized carbons (Fsp3) is 0.455. The predicted octanol–water partition coefficient (Wildman–Crippen LogP) is 3.54. The molecule has 2 aliphatic rings. The van der Waals surface area contributed by atoms with Crippen molar-refractivity contribution in [2.24, 2.45) is 0 Å². The number of carbonyl (C=O) groups excluding carboxylic acids is 1. The molecule has 172 valence electrons. The van der Waals surface area contributed by atoms with Crippen LogP contribution < -0.4 is 9.47 Å². The molecule has 1 amide bonds. The summed E-state index contributed by atoms with van der Waals surface area (Å²) >= 11 is 0. The monoisotopic (exact) mass is 452 g/mol. The number of fused-ring (bicyclic) bond motifs is 1. The fourth-order valence-corrected chi connectivity index (χ4v) is 4.02. The van der Waals surface area contributed by atoms with Crippen molar-refractivity contribution in [3.8, 4) is 11.5 Å². The number of nitrogens with zero attached hydrogens (tertiary/aromatic N) is 2. The highest BCUT2D eigenvalue weighted by atomic mass is 19.4. The average molecular weight is 452 g/mol. The van der Waals surface area contributed by atoms with Gasteiger partial charge >= 0.3 is 6.18 Å². The maximum absolute atomic E-state index is 13.1. The maximum atomic E-state index is 13.1. The molecule has 0 unspecified atom stereocenters. The Morgan fingerprint density at radius 1 is 1.28 bits per heavy atom. The first-order valence-corrected chi connectivity index (χ1v) is 10.2. The van der Waals surface area contributed by atoms with Gasteiger partial charge in [-0.3, -0.25) is 9.78 Å². The Hall–Kier alpha value is -2.85. The van der Waals surface area contributed by atoms with E-state index in [0.29, 0.717) is 25.1 Å². The van der Waals surface area contributed by atoms with E-state index >= 15 is 0 Å². The Morgan fingerprint density at radius 3 is 2.84 bits per heavy atom. The Balaban J connectivity index is 1.46. The van der Waals surface area contributed by atoms with Crippen molar-refractivity contribution in [1.82, 2.24) is 9.88 Å². The molecule has 0 N–H and O–H groups in total. The third kappa shape index (κ3) is 4.51. The molecular formula is C22H23F3N2O5. The summed E-state index contributed by atoms with van der Waals surface area (Å²) in [6.45, 7) is 0.345. The number of aromatic nitrogens is 1. The molecule has 32 heavy (non-hydrogen) atoms. The van der Waals surface area contributed by atoms with Gasteiger partial charge in [0.25, 0.3) is 5.91 Å². The molecule has 3 heterocycles. The lowest BCUT2D eigenvalue weighted by Crippen LogP contribution is -2.53. The third-order valence-electron chi connectivity index (χ3n) is 5.68. The summed E-state index contributed by atoms with van der Waals surface area (Å²) in [5, 5.41) is 0. The van der Waals surface area contributed by atoms with Crippen LogP contribution in [0.15, 0.2) is 42.6 Å². The lowest BCUT2D eigenvalue weighted by molar-refractivity contribution is -0.139. The molecule has 2 fully saturated rings. The number of piperidine rings is 1. The minimum absolute atomic E-state index is 0.126. The molecule has 0 radical (unpaired) electrons. The number of methoxy groups -OCH3 is 1. The zero-order valence-electron chi connectivity index (χ0n) is 17.4. The number of amides is 1. The van der Waals surface area contributed by atoms with Crippen LogP contribution in [0.1, 0.15) is 28.9 Å². The zero-order chi connectivity index (χ0) is 22.8. The Morgan fingerprint density at radius 2 is 2.12 bits per heavy atom. The van der Waals surface area contributed by atoms with E-state index in [-0.39, 0.29) is 30.3 Å². The van der Waals surface area contributed by atoms with Crippen LogP contribution in [0.2, 0.25) is 0 Å². The number of alkyl halides is 3. The summed E-state index contributed by atoms with van der Waals surface area (Å²) in [6, 6.07) is 10.0. The van der Waals surface area contributed by atoms with Crippen LogP contribution in [-0.2, 0) is 15.1 Å². The number of likely N-dealkylation sites (tertiary alicyclic amines) is 1. The predicted molar refractivity (Wildman–Crippen MR) is 106 cm³/mol. The Kier molecular flexibility index (Phi) is 6.25. The van der Waals surface area contributed by atoms with Gasteiger partial charge in [-0.2, -0.15) is 13.2 Å². The second-order valence-corrected chi connectivity index (χ2v) is 7.60. The van der Waals surface area contributed by atoms with Crippen molar-refractivity contribution in [1.29, 1.82) is 0 Å². The van der Waals surface area contributed by atoms with Gasteiger partial charge in [-0.1, -0.05) is 6.07 Å². The van der Waals surface area contributed by atoms with E-state index in [0.717, 1.165) is 5.69 Å². The smallest absolute Gasteiger partial charge is 0.392 e. The van der Waals surface area contributed by atoms with Gasteiger partial charge in [-0.05, 0) is 30.3 Å². The largest absolute Gasteiger partial charge is 0.493 e. The van der Waals surface area contributed by atoms with Crippen LogP contribution in [0.3, 0.4) is 0 Å². The fourth-order valence-electron chi connectivity index (χ4n) is 4.02. The summed E-state index contributed by atoms with van der Waals surface area (Å²) < 4.78 is 59.2. The van der Waals surface area contributed by atoms with E-state index < -0.39 is 24.8 Å². The molecule has 1 aromatic carbocycles. The van der Waals surface area contributed by atoms with Gasteiger partial charge < -0.3 is 23.8 Å². The summed E-state index contributed by atoms with van der Waals surface area (Å²) in [5.41, 5.74) is 0.428. The lowest BCUT2D eigenvalue weighted by atomic mass is 9.85. The summed E-state index contributed by atoms with van der Waals surface area (Å²) in [4.78, 5) is 19.2. The Labute approximate surface area is 183 Å². The molecule has 0 saturated carbocycles. The standard InChI is InChI=1S/C22H23F3N2O5/c1-29-17-12-15(5-6-16(17)30-11-8-22(23,24)25)20(28)27-10-7-21(18-4-2-3-9-26-18)19(13-27)31-14-32-21/h2-6,9,12,19H,7-8,10-11,13-14H2,1H3/t19-,21-/m0/s1. The van der Waals surface area contributed by atoms with Crippen LogP contribution in [0.4, 0.5) is 13.2 Å². The van der Waals surface area contributed by atoms with Crippen molar-refractivity contribution in [2.75, 3.05) is 33.6 Å². The van der Waals surface area contributed by atoms with Gasteiger partial charge in [0, 0.05) is 24.7 Å². The first-order chi connectivity index (χ1) is 15.3. The van der Waals surface area contributed by atoms with Gasteiger partial charge in [0.1, 0.15) is 18.5 Å². The number of hydrogen-bond acceptors (Lipinski definition) is 6. The van der Waals surface area contributed by atoms with Crippen LogP contribution in [0.25, 0.3) is 0 Å². The molecule has 4 rings (SSSR count). The lowest BCUT2D eigenvalue weighted by Gasteiger charge is -2.41. The third-order valence-corrected chi connectivity index (χ3v) is 5.68. The first kappa shape index (κ1) is 22.3. The highest BCUT2D eigenvalue weighted by Gasteiger charge is 2.52. The molecule has 0 bridgehead atoms. The van der Waals surface area contributed by atoms with E-state index in [1.807, 2.05) is 18.2 Å². The SMILES string of the molecule is COc1cc(C(=O)N2CC[C@@]3(c4ccccn4)OCO[C@H]3C2)ccc1OCCC(F)(F)F. The maximum Gasteiger partial charge on any atom is 0.392 e. The van der Waals surface area contributed by atoms with Gasteiger partial charge in [0.05, 0.1) is 32.4 Å². The van der Waals surface area contributed by atoms with Crippen molar-refractivity contribution < 1.29 is 36.9 Å². The van der Waals surface area contributed by atoms with Crippen LogP contribution >= 0.6 is 0 Å². The van der Waals surface area contributed by atoms with E-state index in [9.17, 15) is 18.0 Å². The second-order valence-electron chi connectivity index (χ2n) is 7.60. The number of rotatable bonds is 6. The van der Waals surface area contributed by atoms with Crippen LogP contribution in [0, 0.1) is 0 Å². The molecule has 2 atom stereocenters. The number of ether oxygens (including phenoxy) is 4. The minimum Gasteiger partial charge on any atom is -0.493 e. The molecule has 0 aliphatic carbocycles. The molecule has 7 nitrogen and oxygen atoms in total. The van der Waals surface area contributed by atoms with E-state index in [4.69, 9.17) is 18.9 Å². The van der Waals surface area contributed by atoms with E-state index in [1.165, 1.54) is 25.3 Å². The van der Waals surface area contributed by atoms with Crippen LogP contribution in [-0.4, -0.2) is 61.7 Å². The normalized spacial score (nSPS) is 23.0. The number of carbonyl (C=O) groups is 1. The number of pyridine rings is 1. The van der Waals surface area contributed by atoms with Gasteiger partial charge in [0.15, 0.2) is 11.5 Å². The summed E-state index contributed by atoms with van der Waals surface area (Å²) in [6.07, 6.45) is -3.52. The van der Waals surface area contributed by atoms with Crippen molar-refractivity contribution in [3.05, 3.63) is 53.9 Å². The highest BCUT2D eigenvalue weighted by molar-refractivity contribution is 5.95. The zero-order valence-corrected chi connectivity index (χ0v) is 17.4. The van der Waals surface area contributed by atoms with Gasteiger partial charge in [-0.15, -0.1) is 0 Å². The average Bonchev–Trinajstić information content (AvgIpc) is 3.23. The van der Waals surface area contributed by atoms with Crippen molar-refractivity contribution in [3.63, 3.8) is 0 Å². The van der Waals surface area contributed by atoms with E-state index in [2.05, 4.69) is 4.98 Å². The number of benzene rings is 1. The molecule has 1 aromatic heterocycles. The number of hydrogen-bond donors (Lipinski definition) is 0. The van der Waals surface area contributed by atoms with Crippen molar-refractivity contribution in [2.45, 2.75) is 30.7 Å². The molecule has 0 spiro atoms. The quantitative estimate of drug-likeness (QED) is 0.668. The highest BCUT2D eigenvalue weighted by Crippen LogP contribution is 2.42. The summed E-state index contributed by atoms with van der Waals surface area (Å²) in [5.74, 6) is 0.0993. The molecule has 10 heteroatoms. The van der Waals surface area contributed by atoms with Crippen LogP contribution in [0.5, 0.6) is 11.5 Å². The Bertz CT molecular complexity index is 956.